The van der Waals surface area contributed by atoms with Crippen LogP contribution in [-0.4, -0.2) is 333 Å². The number of piperidine rings is 1. The number of likely N-dealkylation sites (N-methyl/N-ethyl adjacent to an activating group) is 1. The van der Waals surface area contributed by atoms with E-state index in [1.165, 1.54) is 45.9 Å². The number of nitrogens with zero attached hydrogens (tertiary/aromatic N) is 1. The highest BCUT2D eigenvalue weighted by molar-refractivity contribution is 8.76. The number of amides is 11. The molecule has 20 atom stereocenters. The third-order valence-corrected chi connectivity index (χ3v) is 26.6. The van der Waals surface area contributed by atoms with Crippen molar-refractivity contribution in [2.75, 3.05) is 77.6 Å². The Morgan fingerprint density at radius 2 is 0.907 bits per heavy atom. The van der Waals surface area contributed by atoms with Gasteiger partial charge in [-0.25, -0.2) is 4.79 Å². The number of likely N-dealkylation sites (tertiary alicyclic amines) is 1. The predicted octanol–water partition coefficient (Wildman–Crippen LogP) is -7.61. The molecule has 2 saturated heterocycles. The normalized spacial score (nSPS) is 21.2. The molecule has 772 valence electrons. The quantitative estimate of drug-likeness (QED) is 0.00821. The number of carbonyl (C=O) groups is 12. The summed E-state index contributed by atoms with van der Waals surface area (Å²) in [7, 11) is 4.56. The Morgan fingerprint density at radius 3 is 1.37 bits per heavy atom. The Kier molecular flexibility index (Phi) is 44.4. The monoisotopic (exact) mass is 2000 g/mol. The fourth-order valence-corrected chi connectivity index (χ4v) is 19.1. The summed E-state index contributed by atoms with van der Waals surface area (Å²) in [6.07, 6.45) is -6.72. The fourth-order valence-electron chi connectivity index (χ4n) is 17.2. The summed E-state index contributed by atoms with van der Waals surface area (Å²) in [5.74, 6) is -14.3. The van der Waals surface area contributed by atoms with Crippen molar-refractivity contribution in [1.82, 2.24) is 90.0 Å². The molecule has 0 aromatic heterocycles. The number of hydrogen-bond donors (Lipinski definition) is 34. The fraction of sp³-hybridized carbons (Fsp3) is 0.580. The Bertz CT molecular complexity index is 4830. The van der Waals surface area contributed by atoms with Crippen LogP contribution in [0, 0.1) is 38.9 Å². The molecule has 39 N–H and O–H groups in total. The number of benzene rings is 3. The minimum atomic E-state index is -1.97. The zero-order chi connectivity index (χ0) is 103. The van der Waals surface area contributed by atoms with Gasteiger partial charge in [0, 0.05) is 93.0 Å². The van der Waals surface area contributed by atoms with E-state index in [4.69, 9.17) is 69.9 Å². The maximum absolute atomic E-state index is 14.7. The number of aliphatic carboxylic acids is 1. The summed E-state index contributed by atoms with van der Waals surface area (Å²) in [5.41, 5.74) is 29.8. The van der Waals surface area contributed by atoms with Gasteiger partial charge in [0.2, 0.25) is 59.1 Å². The number of ether oxygens (including phenoxy) is 3. The molecule has 8 rings (SSSR count). The smallest absolute Gasteiger partial charge is 0.326 e. The highest BCUT2D eigenvalue weighted by atomic mass is 33.1. The van der Waals surface area contributed by atoms with Crippen LogP contribution in [0.15, 0.2) is 78.9 Å². The van der Waals surface area contributed by atoms with Gasteiger partial charge in [-0.05, 0) is 138 Å². The molecular formula is C88H135N27O23S2. The highest BCUT2D eigenvalue weighted by Crippen LogP contribution is 2.63. The Morgan fingerprint density at radius 1 is 0.493 bits per heavy atom. The first-order chi connectivity index (χ1) is 66.6. The van der Waals surface area contributed by atoms with Crippen molar-refractivity contribution in [2.24, 2.45) is 40.5 Å². The van der Waals surface area contributed by atoms with E-state index >= 15 is 0 Å². The zero-order valence-electron chi connectivity index (χ0n) is 78.0. The van der Waals surface area contributed by atoms with E-state index in [-0.39, 0.29) is 169 Å². The molecule has 2 aliphatic carbocycles. The van der Waals surface area contributed by atoms with Crippen LogP contribution in [0.3, 0.4) is 0 Å². The minimum Gasteiger partial charge on any atom is -0.508 e. The largest absolute Gasteiger partial charge is 0.508 e. The molecule has 0 unspecified atom stereocenters. The van der Waals surface area contributed by atoms with Crippen LogP contribution in [0.25, 0.3) is 0 Å². The number of guanidine groups is 5. The van der Waals surface area contributed by atoms with E-state index in [0.717, 1.165) is 24.1 Å². The number of phenols is 2. The number of rotatable bonds is 58. The van der Waals surface area contributed by atoms with Gasteiger partial charge < -0.3 is 174 Å². The second kappa shape index (κ2) is 55.2. The van der Waals surface area contributed by atoms with E-state index in [1.54, 1.807) is 50.2 Å². The summed E-state index contributed by atoms with van der Waals surface area (Å²) >= 11 is 0. The molecular weight excluding hydrogens is 1870 g/mol. The molecule has 5 aliphatic rings. The molecule has 11 amide bonds. The molecule has 50 nitrogen and oxygen atoms in total. The maximum Gasteiger partial charge on any atom is 0.326 e. The Labute approximate surface area is 815 Å². The van der Waals surface area contributed by atoms with Crippen LogP contribution < -0.4 is 118 Å². The van der Waals surface area contributed by atoms with Crippen molar-refractivity contribution in [2.45, 2.75) is 231 Å². The van der Waals surface area contributed by atoms with E-state index in [2.05, 4.69) is 103 Å². The molecule has 3 aromatic rings. The number of aliphatic hydroxyl groups excluding tert-OH is 5. The van der Waals surface area contributed by atoms with Crippen LogP contribution in [0.1, 0.15) is 120 Å². The lowest BCUT2D eigenvalue weighted by molar-refractivity contribution is -0.304. The Hall–Kier alpha value is -12.8. The van der Waals surface area contributed by atoms with Crippen molar-refractivity contribution in [3.63, 3.8) is 0 Å². The topological polar surface area (TPSA) is 839 Å². The Balaban J connectivity index is 0.894. The van der Waals surface area contributed by atoms with Crippen LogP contribution in [-0.2, 0) is 91.7 Å². The molecule has 2 fully saturated rings. The number of nitrogens with one attached hydrogen (secondary N) is 21. The first-order valence-corrected chi connectivity index (χ1v) is 48.6. The van der Waals surface area contributed by atoms with Gasteiger partial charge in [0.05, 0.1) is 13.2 Å². The minimum absolute atomic E-state index is 0.00329. The lowest BCUT2D eigenvalue weighted by Crippen LogP contribution is -2.66. The van der Waals surface area contributed by atoms with E-state index < -0.39 is 229 Å². The van der Waals surface area contributed by atoms with Gasteiger partial charge in [-0.3, -0.25) is 79.8 Å². The number of phenolic OH excluding ortho intramolecular Hbond substituents is 2. The van der Waals surface area contributed by atoms with Crippen molar-refractivity contribution >= 4 is 122 Å². The summed E-state index contributed by atoms with van der Waals surface area (Å²) in [6.45, 7) is 1.79. The molecule has 140 heavy (non-hydrogen) atoms. The third-order valence-electron chi connectivity index (χ3n) is 24.2. The number of carboxylic acid groups (broad SMARTS) is 1. The number of hydrogen-bond acceptors (Lipinski definition) is 30. The lowest BCUT2D eigenvalue weighted by Gasteiger charge is -2.57. The van der Waals surface area contributed by atoms with Crippen molar-refractivity contribution < 1.29 is 113 Å². The molecule has 0 radical (unpaired) electrons. The van der Waals surface area contributed by atoms with Gasteiger partial charge in [0.25, 0.3) is 5.91 Å². The number of nitrogens with two attached hydrogens (primary N) is 5. The van der Waals surface area contributed by atoms with Crippen LogP contribution in [0.5, 0.6) is 17.2 Å². The average molecular weight is 2000 g/mol. The second-order valence-electron chi connectivity index (χ2n) is 35.1. The maximum atomic E-state index is 14.7. The molecule has 0 saturated carbocycles. The predicted molar refractivity (Wildman–Crippen MR) is 514 cm³/mol. The molecule has 3 aromatic carbocycles. The molecule has 52 heteroatoms. The SMILES string of the molecule is CC(C)C[C@H](NC(=O)[C@H](CCCNC(=N)N)NC(=O)[C@H](CCCNC(=N)N)NC(=O)CCSSCCNC(=O)[C@H]1O[C@H](O[C@H]2C=C[C@H]3[C@H]4Cc5ccc(O)c6c5[C@@]3(CCN4C)[C@H]2O6)[C@H](O)[C@@H](O)[C@@H]1O)C(=O)N[C@@H](CO)C(=O)N[C@@H](Cc1ccc(O)cc1)C(=O)N[C@@H](CO)C(=O)N[C@@H](CCCNC(=N)N)C(=O)N[C@@H](CCCNC(=N)N)C(=O)N[C@@H](CCCNC(=N)N)C(=O)N[C@@H](Cc1ccccc1)C(=O)O. The van der Waals surface area contributed by atoms with Gasteiger partial charge in [0.1, 0.15) is 96.7 Å². The van der Waals surface area contributed by atoms with Crippen molar-refractivity contribution in [3.05, 3.63) is 101 Å². The molecule has 3 aliphatic heterocycles. The van der Waals surface area contributed by atoms with Gasteiger partial charge >= 0.3 is 5.97 Å². The number of aromatic hydroxyl groups is 2. The van der Waals surface area contributed by atoms with E-state index in [1.807, 2.05) is 12.1 Å². The third kappa shape index (κ3) is 33.5. The molecule has 1 spiro atoms. The van der Waals surface area contributed by atoms with Gasteiger partial charge in [-0.1, -0.05) is 96.1 Å². The van der Waals surface area contributed by atoms with Gasteiger partial charge in [0.15, 0.2) is 53.7 Å². The molecule has 2 bridgehead atoms. The van der Waals surface area contributed by atoms with Gasteiger partial charge in [-0.15, -0.1) is 0 Å². The van der Waals surface area contributed by atoms with Crippen LogP contribution in [0.4, 0.5) is 0 Å². The summed E-state index contributed by atoms with van der Waals surface area (Å²) < 4.78 is 18.9. The first kappa shape index (κ1) is 112. The van der Waals surface area contributed by atoms with Crippen molar-refractivity contribution in [3.8, 4) is 17.2 Å². The number of carbonyl (C=O) groups excluding carboxylic acids is 11. The lowest BCUT2D eigenvalue weighted by atomic mass is 9.53. The van der Waals surface area contributed by atoms with Crippen LogP contribution in [0.2, 0.25) is 0 Å². The van der Waals surface area contributed by atoms with Crippen LogP contribution >= 0.6 is 21.6 Å². The van der Waals surface area contributed by atoms with E-state index in [9.17, 15) is 98.4 Å². The first-order valence-electron chi connectivity index (χ1n) is 46.1. The summed E-state index contributed by atoms with van der Waals surface area (Å²) in [4.78, 5) is 173. The second-order valence-corrected chi connectivity index (χ2v) is 37.8. The van der Waals surface area contributed by atoms with E-state index in [0.29, 0.717) is 17.7 Å². The van der Waals surface area contributed by atoms with Crippen molar-refractivity contribution in [1.29, 1.82) is 27.0 Å². The number of aliphatic hydroxyl groups is 5. The summed E-state index contributed by atoms with van der Waals surface area (Å²) in [5, 5.41) is 166. The summed E-state index contributed by atoms with van der Waals surface area (Å²) in [6, 6.07) is 0.963. The highest BCUT2D eigenvalue weighted by Gasteiger charge is 2.65. The van der Waals surface area contributed by atoms with Gasteiger partial charge in [-0.2, -0.15) is 0 Å². The molecule has 3 heterocycles. The zero-order valence-corrected chi connectivity index (χ0v) is 79.6. The average Bonchev–Trinajstić information content (AvgIpc) is 1.50. The number of carboxylic acids is 1. The standard InChI is InChI=1S/C88H135N27O23S2/c1-44(2)38-55(110-74(127)53(17-10-32-103-86(95)96)106-71(124)50(14-7-29-100-83(89)90)105-63(120)27-36-139-140-37-34-99-80(133)69-66(122)65(121)67(123)82(138-69)136-62-26-24-49-60-41-47-21-25-61(119)68-64(47)88(49,70(62)137-68)28-35-115(60)3)76(129)113-59(43-117)79(132)111-56(39-46-19-22-48(118)23-20-46)77(130)114-58(42-116)78(131)109-52(16-9-31-102-85(93)94)73(126)107-51(15-8-30-101-84(91)92)72(125)108-54(18-11-33-104-87(97)98)75(128)112-57(81(134)135)40-45-12-5-4-6-13-45/h4-6,12-13,19-26,44,49-60,62,65-67,69-70,82,116-119,121-123H,7-11,14-18,27-43H2,1-3H3,(H,99,133)(H,105,120)(H,106,124)(H,107,126)(H,108,125)(H,109,131)(H,110,127)(H,111,132)(H,112,128)(H,113,129)(H,114,130)(H,134,135)(H4,89,90,100)(H4,91,92,101)(H4,93,94,102)(H4,95,96,103)(H4,97,98,104)/t49-,50-,51-,52-,53-,54-,55-,56-,57-,58-,59-,60+,62-,65-,66-,67+,69-,70-,82-,88-/m0/s1.